The Labute approximate surface area is 45.6 Å². The molecule has 0 aliphatic carbocycles. The average Bonchev–Trinajstić information content (AvgIpc) is 2.14. The van der Waals surface area contributed by atoms with E-state index in [1.54, 1.807) is 0 Å². The molecule has 8 heavy (non-hydrogen) atoms. The van der Waals surface area contributed by atoms with E-state index in [0.717, 1.165) is 0 Å². The van der Waals surface area contributed by atoms with E-state index in [0.29, 0.717) is 5.69 Å². The van der Waals surface area contributed by atoms with Crippen LogP contribution in [0.4, 0.5) is 0 Å². The molecule has 0 saturated carbocycles. The van der Waals surface area contributed by atoms with Crippen LogP contribution in [0.15, 0.2) is 22.0 Å². The van der Waals surface area contributed by atoms with Crippen molar-refractivity contribution in [2.24, 2.45) is 0 Å². The Kier molecular flexibility index (Phi) is 1.04. The zero-order valence-corrected chi connectivity index (χ0v) is 4.18. The molecule has 0 unspecified atom stereocenters. The zero-order valence-electron chi connectivity index (χ0n) is 4.18. The van der Waals surface area contributed by atoms with E-state index < -0.39 is 0 Å². The van der Waals surface area contributed by atoms with Gasteiger partial charge >= 0.3 is 5.63 Å². The maximum atomic E-state index is 10.2. The smallest absolute Gasteiger partial charge is 0.339 e. The first-order chi connectivity index (χ1) is 3.83. The summed E-state index contributed by atoms with van der Waals surface area (Å²) < 4.78 is 4.30. The zero-order chi connectivity index (χ0) is 5.98. The van der Waals surface area contributed by atoms with Gasteiger partial charge in [-0.05, 0) is 6.08 Å². The van der Waals surface area contributed by atoms with E-state index in [1.807, 2.05) is 0 Å². The SMILES string of the molecule is C=Cc1cc(=O)o[nH]1. The largest absolute Gasteiger partial charge is 0.357 e. The molecular weight excluding hydrogens is 106 g/mol. The van der Waals surface area contributed by atoms with Gasteiger partial charge in [0.05, 0.1) is 11.8 Å². The van der Waals surface area contributed by atoms with Gasteiger partial charge in [0.1, 0.15) is 0 Å². The van der Waals surface area contributed by atoms with Crippen LogP contribution < -0.4 is 5.63 Å². The Morgan fingerprint density at radius 2 is 2.62 bits per heavy atom. The van der Waals surface area contributed by atoms with E-state index in [9.17, 15) is 4.79 Å². The van der Waals surface area contributed by atoms with Crippen molar-refractivity contribution in [1.29, 1.82) is 0 Å². The summed E-state index contributed by atoms with van der Waals surface area (Å²) in [5.41, 5.74) is 0.231. The highest BCUT2D eigenvalue weighted by Gasteiger charge is 1.88. The van der Waals surface area contributed by atoms with Crippen molar-refractivity contribution in [2.75, 3.05) is 0 Å². The molecule has 1 aromatic rings. The van der Waals surface area contributed by atoms with Crippen LogP contribution in [0.25, 0.3) is 6.08 Å². The molecule has 42 valence electrons. The van der Waals surface area contributed by atoms with E-state index in [2.05, 4.69) is 16.3 Å². The fraction of sp³-hybridized carbons (Fsp3) is 0. The Bertz CT molecular complexity index is 233. The fourth-order valence-electron chi connectivity index (χ4n) is 0.396. The third-order valence-corrected chi connectivity index (χ3v) is 0.763. The molecule has 0 spiro atoms. The normalized spacial score (nSPS) is 9.00. The van der Waals surface area contributed by atoms with Gasteiger partial charge in [-0.25, -0.2) is 9.95 Å². The lowest BCUT2D eigenvalue weighted by atomic mass is 10.4. The standard InChI is InChI=1S/C5H5NO2/c1-2-4-3-5(7)8-6-4/h2-3,6H,1H2. The molecule has 0 aromatic carbocycles. The summed E-state index contributed by atoms with van der Waals surface area (Å²) in [5.74, 6) is 0. The second-order valence-corrected chi connectivity index (χ2v) is 1.33. The van der Waals surface area contributed by atoms with E-state index in [1.165, 1.54) is 12.1 Å². The third kappa shape index (κ3) is 0.703. The van der Waals surface area contributed by atoms with Gasteiger partial charge in [-0.15, -0.1) is 0 Å². The first kappa shape index (κ1) is 4.90. The lowest BCUT2D eigenvalue weighted by Gasteiger charge is -1.71. The highest BCUT2D eigenvalue weighted by molar-refractivity contribution is 5.38. The van der Waals surface area contributed by atoms with Crippen molar-refractivity contribution in [1.82, 2.24) is 5.16 Å². The second-order valence-electron chi connectivity index (χ2n) is 1.33. The van der Waals surface area contributed by atoms with Crippen molar-refractivity contribution >= 4 is 6.08 Å². The Morgan fingerprint density at radius 1 is 1.88 bits per heavy atom. The number of aromatic amines is 1. The summed E-state index contributed by atoms with van der Waals surface area (Å²) in [7, 11) is 0. The highest BCUT2D eigenvalue weighted by Crippen LogP contribution is 1.87. The van der Waals surface area contributed by atoms with Crippen molar-refractivity contribution < 1.29 is 4.52 Å². The van der Waals surface area contributed by atoms with Gasteiger partial charge in [0.25, 0.3) is 0 Å². The molecule has 3 nitrogen and oxygen atoms in total. The Balaban J connectivity index is 3.18. The first-order valence-corrected chi connectivity index (χ1v) is 2.14. The predicted molar refractivity (Wildman–Crippen MR) is 29.4 cm³/mol. The van der Waals surface area contributed by atoms with Crippen molar-refractivity contribution in [3.63, 3.8) is 0 Å². The van der Waals surface area contributed by atoms with Gasteiger partial charge in [-0.1, -0.05) is 6.58 Å². The molecule has 1 heterocycles. The first-order valence-electron chi connectivity index (χ1n) is 2.14. The van der Waals surface area contributed by atoms with Gasteiger partial charge < -0.3 is 4.52 Å². The Hall–Kier alpha value is -1.25. The second kappa shape index (κ2) is 1.69. The van der Waals surface area contributed by atoms with E-state index in [-0.39, 0.29) is 5.63 Å². The summed E-state index contributed by atoms with van der Waals surface area (Å²) in [4.78, 5) is 10.2. The highest BCUT2D eigenvalue weighted by atomic mass is 16.5. The number of hydrogen-bond acceptors (Lipinski definition) is 2. The average molecular weight is 111 g/mol. The molecule has 1 aromatic heterocycles. The van der Waals surface area contributed by atoms with Gasteiger partial charge in [0, 0.05) is 0 Å². The maximum absolute atomic E-state index is 10.2. The molecule has 0 aliphatic rings. The van der Waals surface area contributed by atoms with Crippen LogP contribution in [-0.4, -0.2) is 5.16 Å². The van der Waals surface area contributed by atoms with Gasteiger partial charge in [-0.3, -0.25) is 0 Å². The van der Waals surface area contributed by atoms with Crippen LogP contribution in [0.2, 0.25) is 0 Å². The minimum absolute atomic E-state index is 0.375. The van der Waals surface area contributed by atoms with E-state index in [4.69, 9.17) is 0 Å². The van der Waals surface area contributed by atoms with Crippen LogP contribution in [0.1, 0.15) is 5.69 Å². The molecule has 0 bridgehead atoms. The number of hydrogen-bond donors (Lipinski definition) is 1. The molecule has 0 aliphatic heterocycles. The quantitative estimate of drug-likeness (QED) is 0.577. The van der Waals surface area contributed by atoms with Crippen molar-refractivity contribution in [3.8, 4) is 0 Å². The van der Waals surface area contributed by atoms with Gasteiger partial charge in [-0.2, -0.15) is 0 Å². The minimum Gasteiger partial charge on any atom is -0.339 e. The minimum atomic E-state index is -0.375. The molecule has 0 amide bonds. The van der Waals surface area contributed by atoms with Crippen LogP contribution in [0.5, 0.6) is 0 Å². The number of nitrogens with one attached hydrogen (secondary N) is 1. The van der Waals surface area contributed by atoms with Crippen LogP contribution in [-0.2, 0) is 0 Å². The van der Waals surface area contributed by atoms with Gasteiger partial charge in [0.2, 0.25) is 0 Å². The molecule has 0 saturated heterocycles. The molecule has 0 radical (unpaired) electrons. The monoisotopic (exact) mass is 111 g/mol. The third-order valence-electron chi connectivity index (χ3n) is 0.763. The lowest BCUT2D eigenvalue weighted by molar-refractivity contribution is 0.390. The number of aromatic nitrogens is 1. The van der Waals surface area contributed by atoms with Crippen LogP contribution >= 0.6 is 0 Å². The number of rotatable bonds is 1. The van der Waals surface area contributed by atoms with E-state index >= 15 is 0 Å². The molecular formula is C5H5NO2. The van der Waals surface area contributed by atoms with Crippen LogP contribution in [0, 0.1) is 0 Å². The summed E-state index contributed by atoms with van der Waals surface area (Å²) in [6.45, 7) is 3.41. The van der Waals surface area contributed by atoms with Gasteiger partial charge in [0.15, 0.2) is 0 Å². The molecule has 0 fully saturated rings. The topological polar surface area (TPSA) is 46.0 Å². The maximum Gasteiger partial charge on any atom is 0.357 e. The van der Waals surface area contributed by atoms with Crippen LogP contribution in [0.3, 0.4) is 0 Å². The summed E-state index contributed by atoms with van der Waals surface area (Å²) in [5, 5.41) is 2.35. The molecule has 1 N–H and O–H groups in total. The summed E-state index contributed by atoms with van der Waals surface area (Å²) in [6.07, 6.45) is 1.50. The number of H-pyrrole nitrogens is 1. The van der Waals surface area contributed by atoms with Crippen molar-refractivity contribution in [3.05, 3.63) is 28.8 Å². The molecule has 1 rings (SSSR count). The van der Waals surface area contributed by atoms with Crippen molar-refractivity contribution in [2.45, 2.75) is 0 Å². The Morgan fingerprint density at radius 3 is 2.88 bits per heavy atom. The molecule has 0 atom stereocenters. The predicted octanol–water partition coefficient (Wildman–Crippen LogP) is 0.611. The summed E-state index contributed by atoms with van der Waals surface area (Å²) >= 11 is 0. The molecule has 3 heteroatoms. The summed E-state index contributed by atoms with van der Waals surface area (Å²) in [6, 6.07) is 1.33. The fourth-order valence-corrected chi connectivity index (χ4v) is 0.396. The lowest BCUT2D eigenvalue weighted by Crippen LogP contribution is -1.84.